The van der Waals surface area contributed by atoms with Gasteiger partial charge < -0.3 is 15.3 Å². The number of nitrogens with one attached hydrogen (secondary N) is 1. The van der Waals surface area contributed by atoms with Gasteiger partial charge in [0.1, 0.15) is 0 Å². The summed E-state index contributed by atoms with van der Waals surface area (Å²) in [7, 11) is 0. The molecule has 6 heteroatoms. The van der Waals surface area contributed by atoms with E-state index in [1.165, 1.54) is 5.70 Å². The summed E-state index contributed by atoms with van der Waals surface area (Å²) in [5.74, 6) is 0.213. The van der Waals surface area contributed by atoms with E-state index >= 15 is 0 Å². The molecular weight excluding hydrogens is 314 g/mol. The Hall–Kier alpha value is -1.88. The lowest BCUT2D eigenvalue weighted by Gasteiger charge is -2.40. The second-order valence-electron chi connectivity index (χ2n) is 6.40. The maximum atomic E-state index is 11.6. The Labute approximate surface area is 141 Å². The number of benzene rings is 1. The van der Waals surface area contributed by atoms with Crippen molar-refractivity contribution in [1.29, 1.82) is 0 Å². The fourth-order valence-electron chi connectivity index (χ4n) is 3.52. The highest BCUT2D eigenvalue weighted by atomic mass is 35.5. The van der Waals surface area contributed by atoms with E-state index in [1.807, 2.05) is 24.3 Å². The smallest absolute Gasteiger partial charge is 0.407 e. The van der Waals surface area contributed by atoms with Crippen LogP contribution in [-0.4, -0.2) is 40.3 Å². The topological polar surface area (TPSA) is 55.8 Å². The van der Waals surface area contributed by atoms with Crippen molar-refractivity contribution in [3.8, 4) is 0 Å². The Morgan fingerprint density at radius 1 is 1.43 bits per heavy atom. The van der Waals surface area contributed by atoms with Crippen molar-refractivity contribution < 1.29 is 9.90 Å². The van der Waals surface area contributed by atoms with Crippen LogP contribution < -0.4 is 5.32 Å². The van der Waals surface area contributed by atoms with Gasteiger partial charge in [-0.05, 0) is 17.5 Å². The summed E-state index contributed by atoms with van der Waals surface area (Å²) in [6.45, 7) is 6.07. The SMILES string of the molecule is CC(C)C1C2=C(CCN1C(=O)O)NCN2Cc1ccccc1Cl. The van der Waals surface area contributed by atoms with Crippen LogP contribution in [0.4, 0.5) is 4.79 Å². The molecular formula is C17H22ClN3O2. The summed E-state index contributed by atoms with van der Waals surface area (Å²) in [4.78, 5) is 15.4. The summed E-state index contributed by atoms with van der Waals surface area (Å²) < 4.78 is 0. The molecule has 0 fully saturated rings. The molecule has 0 saturated heterocycles. The average Bonchev–Trinajstić information content (AvgIpc) is 2.91. The zero-order valence-electron chi connectivity index (χ0n) is 13.4. The molecule has 1 atom stereocenters. The van der Waals surface area contributed by atoms with Gasteiger partial charge in [-0.3, -0.25) is 4.90 Å². The molecule has 0 aliphatic carbocycles. The van der Waals surface area contributed by atoms with Gasteiger partial charge in [-0.25, -0.2) is 4.79 Å². The van der Waals surface area contributed by atoms with Crippen LogP contribution in [0.1, 0.15) is 25.8 Å². The number of carbonyl (C=O) groups is 1. The third-order valence-electron chi connectivity index (χ3n) is 4.55. The van der Waals surface area contributed by atoms with Crippen molar-refractivity contribution in [3.05, 3.63) is 46.2 Å². The van der Waals surface area contributed by atoms with Crippen LogP contribution in [-0.2, 0) is 6.54 Å². The third kappa shape index (κ3) is 2.98. The highest BCUT2D eigenvalue weighted by Gasteiger charge is 2.40. The molecule has 0 aromatic heterocycles. The van der Waals surface area contributed by atoms with Gasteiger partial charge in [-0.1, -0.05) is 43.6 Å². The second kappa shape index (κ2) is 6.32. The van der Waals surface area contributed by atoms with Gasteiger partial charge >= 0.3 is 6.09 Å². The molecule has 0 bridgehead atoms. The maximum absolute atomic E-state index is 11.6. The van der Waals surface area contributed by atoms with Gasteiger partial charge in [0.15, 0.2) is 0 Å². The molecule has 2 heterocycles. The molecule has 1 aromatic carbocycles. The van der Waals surface area contributed by atoms with E-state index in [9.17, 15) is 9.90 Å². The molecule has 23 heavy (non-hydrogen) atoms. The van der Waals surface area contributed by atoms with E-state index < -0.39 is 6.09 Å². The lowest BCUT2D eigenvalue weighted by atomic mass is 9.93. The average molecular weight is 336 g/mol. The lowest BCUT2D eigenvalue weighted by Crippen LogP contribution is -2.49. The van der Waals surface area contributed by atoms with E-state index in [2.05, 4.69) is 24.1 Å². The maximum Gasteiger partial charge on any atom is 0.407 e. The van der Waals surface area contributed by atoms with Crippen LogP contribution in [0, 0.1) is 5.92 Å². The summed E-state index contributed by atoms with van der Waals surface area (Å²) in [6, 6.07) is 7.68. The molecule has 0 radical (unpaired) electrons. The monoisotopic (exact) mass is 335 g/mol. The zero-order chi connectivity index (χ0) is 16.6. The van der Waals surface area contributed by atoms with Gasteiger partial charge in [0.2, 0.25) is 0 Å². The number of hydrogen-bond donors (Lipinski definition) is 2. The highest BCUT2D eigenvalue weighted by molar-refractivity contribution is 6.31. The molecule has 1 aromatic rings. The molecule has 2 N–H and O–H groups in total. The largest absolute Gasteiger partial charge is 0.465 e. The number of rotatable bonds is 3. The van der Waals surface area contributed by atoms with Gasteiger partial charge in [0, 0.05) is 30.2 Å². The van der Waals surface area contributed by atoms with Crippen molar-refractivity contribution in [2.75, 3.05) is 13.2 Å². The Morgan fingerprint density at radius 3 is 2.83 bits per heavy atom. The fraction of sp³-hybridized carbons (Fsp3) is 0.471. The first-order valence-corrected chi connectivity index (χ1v) is 8.31. The molecule has 0 saturated carbocycles. The first-order valence-electron chi connectivity index (χ1n) is 7.94. The van der Waals surface area contributed by atoms with Gasteiger partial charge in [0.25, 0.3) is 0 Å². The highest BCUT2D eigenvalue weighted by Crippen LogP contribution is 2.34. The van der Waals surface area contributed by atoms with Crippen LogP contribution in [0.3, 0.4) is 0 Å². The van der Waals surface area contributed by atoms with Crippen molar-refractivity contribution in [1.82, 2.24) is 15.1 Å². The summed E-state index contributed by atoms with van der Waals surface area (Å²) in [6.07, 6.45) is -0.107. The number of nitrogens with zero attached hydrogens (tertiary/aromatic N) is 2. The Bertz CT molecular complexity index is 644. The summed E-state index contributed by atoms with van der Waals surface area (Å²) in [5.41, 5.74) is 3.33. The number of carboxylic acid groups (broad SMARTS) is 1. The van der Waals surface area contributed by atoms with E-state index in [0.717, 1.165) is 22.7 Å². The van der Waals surface area contributed by atoms with Crippen molar-refractivity contribution in [2.45, 2.75) is 32.9 Å². The van der Waals surface area contributed by atoms with Crippen molar-refractivity contribution >= 4 is 17.7 Å². The quantitative estimate of drug-likeness (QED) is 0.889. The molecule has 1 amide bonds. The Kier molecular flexibility index (Phi) is 4.39. The van der Waals surface area contributed by atoms with Crippen molar-refractivity contribution in [3.63, 3.8) is 0 Å². The first-order chi connectivity index (χ1) is 11.0. The van der Waals surface area contributed by atoms with Gasteiger partial charge in [-0.15, -0.1) is 0 Å². The number of halogens is 1. The van der Waals surface area contributed by atoms with Crippen molar-refractivity contribution in [2.24, 2.45) is 5.92 Å². The van der Waals surface area contributed by atoms with Crippen LogP contribution in [0.15, 0.2) is 35.7 Å². The second-order valence-corrected chi connectivity index (χ2v) is 6.81. The molecule has 2 aliphatic heterocycles. The van der Waals surface area contributed by atoms with Gasteiger partial charge in [0.05, 0.1) is 18.4 Å². The molecule has 5 nitrogen and oxygen atoms in total. The minimum absolute atomic E-state index is 0.117. The predicted octanol–water partition coefficient (Wildman–Crippen LogP) is 3.32. The molecule has 1 unspecified atom stereocenters. The minimum atomic E-state index is -0.847. The first kappa shape index (κ1) is 16.0. The third-order valence-corrected chi connectivity index (χ3v) is 4.92. The minimum Gasteiger partial charge on any atom is -0.465 e. The van der Waals surface area contributed by atoms with Crippen LogP contribution in [0.2, 0.25) is 5.02 Å². The molecule has 3 rings (SSSR count). The summed E-state index contributed by atoms with van der Waals surface area (Å²) in [5, 5.41) is 13.7. The standard InChI is InChI=1S/C17H22ClN3O2/c1-11(2)15-16-14(7-8-21(15)17(22)23)19-10-20(16)9-12-5-3-4-6-13(12)18/h3-6,11,15,19H,7-10H2,1-2H3,(H,22,23). The molecule has 0 spiro atoms. The van der Waals surface area contributed by atoms with E-state index in [1.54, 1.807) is 4.90 Å². The van der Waals surface area contributed by atoms with E-state index in [0.29, 0.717) is 19.8 Å². The van der Waals surface area contributed by atoms with Crippen LogP contribution >= 0.6 is 11.6 Å². The van der Waals surface area contributed by atoms with Crippen LogP contribution in [0.25, 0.3) is 0 Å². The normalized spacial score (nSPS) is 20.8. The van der Waals surface area contributed by atoms with Crippen LogP contribution in [0.5, 0.6) is 0 Å². The number of hydrogen-bond acceptors (Lipinski definition) is 3. The van der Waals surface area contributed by atoms with Gasteiger partial charge in [-0.2, -0.15) is 0 Å². The molecule has 2 aliphatic rings. The fourth-order valence-corrected chi connectivity index (χ4v) is 3.72. The predicted molar refractivity (Wildman–Crippen MR) is 90.0 cm³/mol. The van der Waals surface area contributed by atoms with E-state index in [4.69, 9.17) is 11.6 Å². The molecule has 124 valence electrons. The zero-order valence-corrected chi connectivity index (χ0v) is 14.2. The van der Waals surface area contributed by atoms with E-state index in [-0.39, 0.29) is 12.0 Å². The number of amides is 1. The lowest BCUT2D eigenvalue weighted by molar-refractivity contribution is 0.105. The Balaban J connectivity index is 1.91. The summed E-state index contributed by atoms with van der Waals surface area (Å²) >= 11 is 6.29. The Morgan fingerprint density at radius 2 is 2.17 bits per heavy atom.